The number of aromatic carboxylic acids is 4. The number of hydrogen-bond acceptors (Lipinski definition) is 18. The number of halogens is 3. The zero-order valence-corrected chi connectivity index (χ0v) is 34.9. The van der Waals surface area contributed by atoms with Gasteiger partial charge in [-0.05, 0) is 55.3 Å². The van der Waals surface area contributed by atoms with E-state index in [0.717, 1.165) is 24.3 Å². The van der Waals surface area contributed by atoms with Crippen molar-refractivity contribution in [1.82, 2.24) is 24.1 Å². The van der Waals surface area contributed by atoms with Crippen LogP contribution in [0.3, 0.4) is 0 Å². The van der Waals surface area contributed by atoms with Crippen LogP contribution in [0.15, 0.2) is 60.9 Å². The summed E-state index contributed by atoms with van der Waals surface area (Å²) in [4.78, 5) is 89.3. The van der Waals surface area contributed by atoms with E-state index in [1.807, 2.05) is 0 Å². The summed E-state index contributed by atoms with van der Waals surface area (Å²) in [5.74, 6) is -9.14. The first-order valence-corrected chi connectivity index (χ1v) is 18.5. The van der Waals surface area contributed by atoms with Crippen molar-refractivity contribution in [2.45, 2.75) is 20.4 Å². The number of nitriles is 1. The molecular formula is C37H24Cl3N13O12. The van der Waals surface area contributed by atoms with Gasteiger partial charge in [-0.1, -0.05) is 29.8 Å². The van der Waals surface area contributed by atoms with Gasteiger partial charge < -0.3 is 41.3 Å². The molecule has 3 aromatic heterocycles. The number of nitrogens with zero attached hydrogens (tertiary/aromatic N) is 11. The van der Waals surface area contributed by atoms with Crippen LogP contribution in [0.1, 0.15) is 58.1 Å². The maximum Gasteiger partial charge on any atom is 0.338 e. The third kappa shape index (κ3) is 9.66. The van der Waals surface area contributed by atoms with E-state index in [4.69, 9.17) is 41.4 Å². The Morgan fingerprint density at radius 3 is 1.74 bits per heavy atom. The summed E-state index contributed by atoms with van der Waals surface area (Å²) < 4.78 is 1.17. The lowest BCUT2D eigenvalue weighted by molar-refractivity contribution is 0.0682. The Bertz CT molecular complexity index is 3210. The van der Waals surface area contributed by atoms with Gasteiger partial charge in [-0.25, -0.2) is 28.6 Å². The van der Waals surface area contributed by atoms with E-state index in [9.17, 15) is 64.7 Å². The fraction of sp³-hybridized carbons (Fsp3) is 0.108. The van der Waals surface area contributed by atoms with Crippen molar-refractivity contribution in [3.63, 3.8) is 0 Å². The van der Waals surface area contributed by atoms with Crippen LogP contribution in [-0.2, 0) is 6.54 Å². The summed E-state index contributed by atoms with van der Waals surface area (Å²) in [6.07, 6.45) is 0. The number of carboxylic acid groups (broad SMARTS) is 4. The van der Waals surface area contributed by atoms with Gasteiger partial charge in [-0.15, -0.1) is 20.5 Å². The lowest BCUT2D eigenvalue weighted by Gasteiger charge is -2.16. The van der Waals surface area contributed by atoms with Crippen LogP contribution in [0.5, 0.6) is 11.8 Å². The highest BCUT2D eigenvalue weighted by atomic mass is 35.5. The summed E-state index contributed by atoms with van der Waals surface area (Å²) >= 11 is 17.9. The molecule has 0 unspecified atom stereocenters. The SMILES string of the molecule is [C-]#[N+]c1c(C)c(N=Nc2cc(C(=O)O)c(Cl)cc2C(=O)O)c(=O)n(C(=C)Nc2nc(Cl)nc(NCCn3c(O)c(C#N)c(C)c(N=Nc4cc(C(=O)O)c(Cl)cc4C(=O)O)c3=O)n2)c1O. The molecule has 3 heterocycles. The number of rotatable bonds is 15. The van der Waals surface area contributed by atoms with Gasteiger partial charge in [0.2, 0.25) is 28.9 Å². The third-order valence-electron chi connectivity index (χ3n) is 8.78. The summed E-state index contributed by atoms with van der Waals surface area (Å²) in [6.45, 7) is 13.0. The fourth-order valence-corrected chi connectivity index (χ4v) is 6.28. The highest BCUT2D eigenvalue weighted by molar-refractivity contribution is 6.34. The molecule has 0 fully saturated rings. The topological polar surface area (TPSA) is 374 Å². The molecule has 0 aliphatic carbocycles. The second-order valence-corrected chi connectivity index (χ2v) is 13.9. The Morgan fingerprint density at radius 1 is 0.769 bits per heavy atom. The monoisotopic (exact) mass is 947 g/mol. The maximum atomic E-state index is 13.7. The molecule has 5 aromatic rings. The molecule has 0 bridgehead atoms. The predicted molar refractivity (Wildman–Crippen MR) is 227 cm³/mol. The van der Waals surface area contributed by atoms with Gasteiger partial charge in [0.15, 0.2) is 5.69 Å². The number of carbonyl (C=O) groups is 4. The van der Waals surface area contributed by atoms with Crippen LogP contribution < -0.4 is 21.8 Å². The molecule has 2 aromatic carbocycles. The van der Waals surface area contributed by atoms with Crippen LogP contribution >= 0.6 is 34.8 Å². The third-order valence-corrected chi connectivity index (χ3v) is 9.58. The van der Waals surface area contributed by atoms with Crippen LogP contribution in [-0.4, -0.2) is 85.1 Å². The number of pyridine rings is 2. The first-order valence-electron chi connectivity index (χ1n) is 17.4. The molecule has 65 heavy (non-hydrogen) atoms. The molecule has 28 heteroatoms. The molecule has 25 nitrogen and oxygen atoms in total. The quantitative estimate of drug-likeness (QED) is 0.0391. The van der Waals surface area contributed by atoms with Gasteiger partial charge in [0.1, 0.15) is 34.5 Å². The first-order chi connectivity index (χ1) is 30.6. The van der Waals surface area contributed by atoms with Crippen molar-refractivity contribution < 1.29 is 49.8 Å². The summed E-state index contributed by atoms with van der Waals surface area (Å²) in [5, 5.41) is 88.7. The number of nitrogens with one attached hydrogen (secondary N) is 2. The minimum atomic E-state index is -1.57. The lowest BCUT2D eigenvalue weighted by atomic mass is 10.1. The van der Waals surface area contributed by atoms with Crippen molar-refractivity contribution in [3.05, 3.63) is 117 Å². The number of carboxylic acids is 4. The molecule has 0 radical (unpaired) electrons. The van der Waals surface area contributed by atoms with E-state index in [0.29, 0.717) is 9.13 Å². The van der Waals surface area contributed by atoms with Crippen LogP contribution in [0.2, 0.25) is 15.3 Å². The van der Waals surface area contributed by atoms with Crippen LogP contribution in [0.25, 0.3) is 10.7 Å². The fourth-order valence-electron chi connectivity index (χ4n) is 5.63. The Hall–Kier alpha value is -8.78. The Morgan fingerprint density at radius 2 is 1.26 bits per heavy atom. The molecule has 8 N–H and O–H groups in total. The van der Waals surface area contributed by atoms with Crippen molar-refractivity contribution in [1.29, 1.82) is 5.26 Å². The molecule has 5 rings (SSSR count). The number of aromatic nitrogens is 5. The summed E-state index contributed by atoms with van der Waals surface area (Å²) in [5.41, 5.74) is -7.89. The highest BCUT2D eigenvalue weighted by Gasteiger charge is 2.25. The molecular weight excluding hydrogens is 925 g/mol. The van der Waals surface area contributed by atoms with Gasteiger partial charge in [-0.2, -0.15) is 20.2 Å². The Labute approximate surface area is 376 Å². The largest absolute Gasteiger partial charge is 0.502 e. The van der Waals surface area contributed by atoms with E-state index in [-0.39, 0.29) is 23.6 Å². The molecule has 0 aliphatic heterocycles. The molecule has 330 valence electrons. The highest BCUT2D eigenvalue weighted by Crippen LogP contribution is 2.37. The summed E-state index contributed by atoms with van der Waals surface area (Å²) in [7, 11) is 0. The van der Waals surface area contributed by atoms with E-state index < -0.39 is 137 Å². The number of aromatic hydroxyl groups is 2. The zero-order chi connectivity index (χ0) is 48.2. The predicted octanol–water partition coefficient (Wildman–Crippen LogP) is 6.88. The van der Waals surface area contributed by atoms with Gasteiger partial charge >= 0.3 is 23.9 Å². The normalized spacial score (nSPS) is 11.0. The van der Waals surface area contributed by atoms with E-state index in [1.165, 1.54) is 13.8 Å². The minimum absolute atomic E-state index is 0.159. The Balaban J connectivity index is 1.44. The smallest absolute Gasteiger partial charge is 0.338 e. The molecule has 0 saturated carbocycles. The second-order valence-electron chi connectivity index (χ2n) is 12.7. The van der Waals surface area contributed by atoms with Crippen molar-refractivity contribution in [3.8, 4) is 17.8 Å². The van der Waals surface area contributed by atoms with E-state index in [2.05, 4.69) is 57.5 Å². The van der Waals surface area contributed by atoms with Gasteiger partial charge in [0, 0.05) is 18.7 Å². The number of azo groups is 2. The van der Waals surface area contributed by atoms with Crippen LogP contribution in [0.4, 0.5) is 40.3 Å². The zero-order valence-electron chi connectivity index (χ0n) is 32.6. The maximum absolute atomic E-state index is 13.7. The number of benzene rings is 2. The molecule has 0 spiro atoms. The van der Waals surface area contributed by atoms with E-state index in [1.54, 1.807) is 6.07 Å². The molecule has 0 saturated heterocycles. The standard InChI is InChI=1S/C37H24Cl3N13O12/c1-12-19(11-41)27(54)52(28(55)25(12)50-48-22-9-15(31(58)59)20(38)7-17(22)33(62)63)6-5-43-36-45-35(40)46-37(47-36)44-14(3)53-29(56)24(42-4)13(2)26(30(53)57)51-49-23-10-16(32(60)61)21(39)8-18(23)34(64)65/h7-10,54,56H,3,5-6H2,1-2H3,(H,58,59)(H,60,61)(H,62,63)(H,64,65)(H2,43,44,45,46,47). The second kappa shape index (κ2) is 19.1. The van der Waals surface area contributed by atoms with Gasteiger partial charge in [-0.3, -0.25) is 14.2 Å². The van der Waals surface area contributed by atoms with Crippen molar-refractivity contribution >= 4 is 105 Å². The summed E-state index contributed by atoms with van der Waals surface area (Å²) in [6, 6.07) is 5.00. The Kier molecular flexibility index (Phi) is 13.9. The first kappa shape index (κ1) is 47.3. The average Bonchev–Trinajstić information content (AvgIpc) is 3.22. The van der Waals surface area contributed by atoms with Gasteiger partial charge in [0.05, 0.1) is 38.9 Å². The molecule has 0 aliphatic rings. The average molecular weight is 949 g/mol. The van der Waals surface area contributed by atoms with Gasteiger partial charge in [0.25, 0.3) is 16.8 Å². The number of anilines is 2. The number of hydrogen-bond donors (Lipinski definition) is 8. The molecule has 0 amide bonds. The van der Waals surface area contributed by atoms with Crippen LogP contribution in [0, 0.1) is 31.8 Å². The van der Waals surface area contributed by atoms with Crippen molar-refractivity contribution in [2.75, 3.05) is 17.2 Å². The molecule has 0 atom stereocenters. The lowest BCUT2D eigenvalue weighted by Crippen LogP contribution is -2.26. The van der Waals surface area contributed by atoms with E-state index >= 15 is 0 Å². The minimum Gasteiger partial charge on any atom is -0.502 e. The van der Waals surface area contributed by atoms with Crippen molar-refractivity contribution in [2.24, 2.45) is 20.5 Å².